The molecule has 5 atom stereocenters. The molecule has 2 aromatic carbocycles. The first-order chi connectivity index (χ1) is 20.4. The van der Waals surface area contributed by atoms with Crippen LogP contribution < -0.4 is 16.4 Å². The largest absolute Gasteiger partial charge is 0.314 e. The van der Waals surface area contributed by atoms with Crippen LogP contribution in [0, 0.1) is 5.92 Å². The molecule has 0 spiro atoms. The average Bonchev–Trinajstić information content (AvgIpc) is 3.52. The minimum atomic E-state index is -0.678. The lowest BCUT2D eigenvalue weighted by Crippen LogP contribution is -2.59. The third-order valence-electron chi connectivity index (χ3n) is 8.64. The molecule has 1 aliphatic carbocycles. The molecule has 2 heterocycles. The van der Waals surface area contributed by atoms with E-state index in [-0.39, 0.29) is 11.3 Å². The van der Waals surface area contributed by atoms with Crippen LogP contribution in [0.2, 0.25) is 0 Å². The molecule has 2 unspecified atom stereocenters. The number of nitrogens with two attached hydrogens (primary N) is 1. The summed E-state index contributed by atoms with van der Waals surface area (Å²) in [6.07, 6.45) is 10.6. The predicted octanol–water partition coefficient (Wildman–Crippen LogP) is 8.36. The van der Waals surface area contributed by atoms with E-state index in [1.165, 1.54) is 49.7 Å². The summed E-state index contributed by atoms with van der Waals surface area (Å²) in [5, 5.41) is 8.54. The van der Waals surface area contributed by atoms with Crippen LogP contribution in [-0.2, 0) is 4.79 Å². The summed E-state index contributed by atoms with van der Waals surface area (Å²) in [7, 11) is 0. The molecule has 2 aliphatic heterocycles. The molecule has 3 aliphatic rings. The summed E-state index contributed by atoms with van der Waals surface area (Å²) in [4.78, 5) is 14.1. The SMILES string of the molecule is CC(C)CC(=O)[C@@]1(N[C@@H](CCCNC2CCCCCC2)[C@@]2(N)SCC(c3ccccc3)S2)SCC(c2ccccc2)S1. The Balaban J connectivity index is 1.34. The standard InChI is InChI=1S/C34H49N3OS4/c1-25(2)22-32(38)34(40-24-30(42-34)27-16-9-6-10-17-27)37-31(20-13-21-36-28-18-11-3-4-12-19-28)33(35)39-23-29(41-33)26-14-7-5-8-15-26/h5-10,14-17,25,28-31,36-37H,3-4,11-13,18-24,35H2,1-2H3/t29?,30?,31-,33+,34+/m0/s1. The summed E-state index contributed by atoms with van der Waals surface area (Å²) in [5.74, 6) is 2.54. The van der Waals surface area contributed by atoms with E-state index in [1.54, 1.807) is 11.8 Å². The van der Waals surface area contributed by atoms with Gasteiger partial charge < -0.3 is 11.1 Å². The Bertz CT molecular complexity index is 1110. The Hall–Kier alpha value is -0.610. The lowest BCUT2D eigenvalue weighted by Gasteiger charge is -2.40. The molecule has 1 saturated carbocycles. The third-order valence-corrected chi connectivity index (χ3v) is 15.6. The van der Waals surface area contributed by atoms with Crippen LogP contribution in [0.25, 0.3) is 0 Å². The number of carbonyl (C=O) groups is 1. The Labute approximate surface area is 271 Å². The molecule has 2 saturated heterocycles. The third kappa shape index (κ3) is 8.55. The van der Waals surface area contributed by atoms with Crippen molar-refractivity contribution in [3.63, 3.8) is 0 Å². The van der Waals surface area contributed by atoms with Gasteiger partial charge in [0.25, 0.3) is 0 Å². The Morgan fingerprint density at radius 2 is 1.48 bits per heavy atom. The van der Waals surface area contributed by atoms with Gasteiger partial charge in [-0.15, -0.1) is 47.0 Å². The minimum Gasteiger partial charge on any atom is -0.314 e. The van der Waals surface area contributed by atoms with E-state index in [4.69, 9.17) is 5.73 Å². The Morgan fingerprint density at radius 1 is 0.881 bits per heavy atom. The number of Topliss-reactive ketones (excluding diaryl/α,β-unsaturated/α-hetero) is 1. The maximum Gasteiger partial charge on any atom is 0.173 e. The van der Waals surface area contributed by atoms with Gasteiger partial charge in [0.05, 0.1) is 0 Å². The van der Waals surface area contributed by atoms with E-state index in [1.807, 2.05) is 35.3 Å². The summed E-state index contributed by atoms with van der Waals surface area (Å²) in [6.45, 7) is 5.31. The van der Waals surface area contributed by atoms with E-state index in [0.717, 1.165) is 30.9 Å². The second-order valence-electron chi connectivity index (χ2n) is 12.5. The molecular formula is C34H49N3OS4. The van der Waals surface area contributed by atoms with Gasteiger partial charge in [0, 0.05) is 40.5 Å². The molecule has 0 aromatic heterocycles. The number of thioether (sulfide) groups is 4. The fourth-order valence-electron chi connectivity index (χ4n) is 6.31. The molecule has 4 nitrogen and oxygen atoms in total. The van der Waals surface area contributed by atoms with Crippen LogP contribution in [0.3, 0.4) is 0 Å². The maximum atomic E-state index is 14.1. The van der Waals surface area contributed by atoms with Crippen molar-refractivity contribution in [3.8, 4) is 0 Å². The molecule has 5 rings (SSSR count). The average molecular weight is 644 g/mol. The van der Waals surface area contributed by atoms with E-state index in [2.05, 4.69) is 85.1 Å². The monoisotopic (exact) mass is 643 g/mol. The number of ketones is 1. The van der Waals surface area contributed by atoms with E-state index in [0.29, 0.717) is 29.4 Å². The molecular weight excluding hydrogens is 595 g/mol. The van der Waals surface area contributed by atoms with Gasteiger partial charge >= 0.3 is 0 Å². The number of carbonyl (C=O) groups excluding carboxylic acids is 1. The first-order valence-corrected chi connectivity index (χ1v) is 19.7. The van der Waals surface area contributed by atoms with Crippen molar-refractivity contribution in [1.29, 1.82) is 0 Å². The lowest BCUT2D eigenvalue weighted by atomic mass is 10.1. The van der Waals surface area contributed by atoms with Gasteiger partial charge in [-0.2, -0.15) is 0 Å². The Kier molecular flexibility index (Phi) is 12.2. The van der Waals surface area contributed by atoms with Crippen molar-refractivity contribution in [1.82, 2.24) is 10.6 Å². The fourth-order valence-corrected chi connectivity index (χ4v) is 13.1. The summed E-state index contributed by atoms with van der Waals surface area (Å²) >= 11 is 7.40. The Morgan fingerprint density at radius 3 is 2.10 bits per heavy atom. The van der Waals surface area contributed by atoms with Gasteiger partial charge in [-0.05, 0) is 49.3 Å². The highest BCUT2D eigenvalue weighted by atomic mass is 32.2. The van der Waals surface area contributed by atoms with Gasteiger partial charge in [0.1, 0.15) is 4.20 Å². The first-order valence-electron chi connectivity index (χ1n) is 15.9. The van der Waals surface area contributed by atoms with Crippen LogP contribution in [-0.4, -0.2) is 44.3 Å². The molecule has 230 valence electrons. The predicted molar refractivity (Wildman–Crippen MR) is 188 cm³/mol. The van der Waals surface area contributed by atoms with Crippen molar-refractivity contribution >= 4 is 52.8 Å². The molecule has 0 bridgehead atoms. The quantitative estimate of drug-likeness (QED) is 0.149. The second kappa shape index (κ2) is 15.6. The van der Waals surface area contributed by atoms with E-state index in [9.17, 15) is 4.79 Å². The van der Waals surface area contributed by atoms with Gasteiger partial charge in [0.2, 0.25) is 0 Å². The van der Waals surface area contributed by atoms with Gasteiger partial charge in [-0.1, -0.05) is 100 Å². The topological polar surface area (TPSA) is 67.2 Å². The zero-order valence-corrected chi connectivity index (χ0v) is 28.5. The van der Waals surface area contributed by atoms with Crippen LogP contribution in [0.5, 0.6) is 0 Å². The second-order valence-corrected chi connectivity index (χ2v) is 18.4. The molecule has 4 N–H and O–H groups in total. The lowest BCUT2D eigenvalue weighted by molar-refractivity contribution is -0.120. The molecule has 8 heteroatoms. The number of rotatable bonds is 13. The number of hydrogen-bond acceptors (Lipinski definition) is 8. The van der Waals surface area contributed by atoms with Gasteiger partial charge in [0.15, 0.2) is 9.99 Å². The summed E-state index contributed by atoms with van der Waals surface area (Å²) in [6, 6.07) is 22.1. The smallest absolute Gasteiger partial charge is 0.173 e. The van der Waals surface area contributed by atoms with Crippen LogP contribution in [0.15, 0.2) is 60.7 Å². The normalized spacial score (nSPS) is 29.5. The highest BCUT2D eigenvalue weighted by molar-refractivity contribution is 8.22. The van der Waals surface area contributed by atoms with Gasteiger partial charge in [-0.3, -0.25) is 10.1 Å². The number of hydrogen-bond donors (Lipinski definition) is 3. The van der Waals surface area contributed by atoms with Crippen molar-refractivity contribution in [2.45, 2.75) is 103 Å². The zero-order chi connectivity index (χ0) is 29.4. The van der Waals surface area contributed by atoms with Crippen LogP contribution >= 0.6 is 47.0 Å². The number of benzene rings is 2. The minimum absolute atomic E-state index is 0.0165. The molecule has 3 fully saturated rings. The summed E-state index contributed by atoms with van der Waals surface area (Å²) < 4.78 is -1.18. The van der Waals surface area contributed by atoms with Crippen molar-refractivity contribution < 1.29 is 4.79 Å². The van der Waals surface area contributed by atoms with E-state index < -0.39 is 8.41 Å². The zero-order valence-electron chi connectivity index (χ0n) is 25.3. The molecule has 42 heavy (non-hydrogen) atoms. The maximum absolute atomic E-state index is 14.1. The molecule has 0 amide bonds. The van der Waals surface area contributed by atoms with Crippen LogP contribution in [0.1, 0.15) is 93.3 Å². The summed E-state index contributed by atoms with van der Waals surface area (Å²) in [5.41, 5.74) is 10.0. The van der Waals surface area contributed by atoms with Crippen LogP contribution in [0.4, 0.5) is 0 Å². The number of nitrogens with one attached hydrogen (secondary N) is 2. The first kappa shape index (κ1) is 32.8. The molecule has 2 aromatic rings. The molecule has 0 radical (unpaired) electrons. The van der Waals surface area contributed by atoms with E-state index >= 15 is 0 Å². The van der Waals surface area contributed by atoms with Crippen molar-refractivity contribution in [3.05, 3.63) is 71.8 Å². The fraction of sp³-hybridized carbons (Fsp3) is 0.618. The van der Waals surface area contributed by atoms with Crippen molar-refractivity contribution in [2.75, 3.05) is 18.1 Å². The van der Waals surface area contributed by atoms with Crippen molar-refractivity contribution in [2.24, 2.45) is 11.7 Å². The van der Waals surface area contributed by atoms with Gasteiger partial charge in [-0.25, -0.2) is 0 Å². The highest BCUT2D eigenvalue weighted by Crippen LogP contribution is 2.58. The highest BCUT2D eigenvalue weighted by Gasteiger charge is 2.52.